The van der Waals surface area contributed by atoms with E-state index in [2.05, 4.69) is 10.6 Å². The number of carbonyl (C=O) groups excluding carboxylic acids is 4. The molecule has 2 atom stereocenters. The Hall–Kier alpha value is -8.94. The molecule has 13 heteroatoms. The Morgan fingerprint density at radius 2 is 0.833 bits per heavy atom. The zero-order valence-corrected chi connectivity index (χ0v) is 45.1. The summed E-state index contributed by atoms with van der Waals surface area (Å²) in [6.07, 6.45) is 0.919. The molecule has 0 unspecified atom stereocenters. The Bertz CT molecular complexity index is 3270. The number of hydrogen-bond donors (Lipinski definition) is 3. The van der Waals surface area contributed by atoms with Gasteiger partial charge in [0.15, 0.2) is 0 Å². The summed E-state index contributed by atoms with van der Waals surface area (Å²) in [5.74, 6) is 0.765. The number of amides is 2. The Kier molecular flexibility index (Phi) is 16.5. The van der Waals surface area contributed by atoms with Crippen molar-refractivity contribution in [2.24, 2.45) is 23.5 Å². The molecular weight excluding hydrogens is 975 g/mol. The highest BCUT2D eigenvalue weighted by Gasteiger charge is 2.35. The molecule has 0 saturated heterocycles. The number of aromatic nitrogens is 4. The molecule has 10 rings (SSSR count). The predicted octanol–water partition coefficient (Wildman–Crippen LogP) is 11.3. The van der Waals surface area contributed by atoms with E-state index in [1.165, 1.54) is 4.68 Å². The minimum atomic E-state index is -0.635. The number of ether oxygens (including phenoxy) is 2. The molecule has 0 aliphatic carbocycles. The topological polar surface area (TPSA) is 172 Å². The monoisotopic (exact) mass is 1040 g/mol. The van der Waals surface area contributed by atoms with Gasteiger partial charge in [0.1, 0.15) is 22.9 Å². The molecule has 0 spiro atoms. The predicted molar refractivity (Wildman–Crippen MR) is 308 cm³/mol. The van der Waals surface area contributed by atoms with Gasteiger partial charge >= 0.3 is 0 Å². The van der Waals surface area contributed by atoms with Gasteiger partial charge in [0.25, 0.3) is 11.8 Å². The highest BCUT2D eigenvalue weighted by Crippen LogP contribution is 2.42. The van der Waals surface area contributed by atoms with Crippen molar-refractivity contribution in [3.8, 4) is 56.3 Å². The SMILES string of the molecule is COc1ccc(C2=C(CNC(=O)[C@@H](C)C(C)C)Cc3c(-c4ccccc4)c(-c4ccccc4)nn3C2=O)cc1.COc1ccc(C2=C(CNC(=O)[C@@H](N)C(C)C)Cc3c(-c4ccccc4)c(-c4ccccc4)nn3C2=O)cc1. The molecular formula is C65H65N7O6. The van der Waals surface area contributed by atoms with Gasteiger partial charge in [-0.3, -0.25) is 19.2 Å². The van der Waals surface area contributed by atoms with Crippen molar-refractivity contribution in [1.29, 1.82) is 0 Å². The zero-order valence-electron chi connectivity index (χ0n) is 45.1. The molecule has 78 heavy (non-hydrogen) atoms. The highest BCUT2D eigenvalue weighted by molar-refractivity contribution is 6.24. The van der Waals surface area contributed by atoms with E-state index in [1.54, 1.807) is 18.9 Å². The van der Waals surface area contributed by atoms with Crippen LogP contribution in [0.4, 0.5) is 0 Å². The van der Waals surface area contributed by atoms with Crippen LogP contribution in [0.5, 0.6) is 11.5 Å². The lowest BCUT2D eigenvalue weighted by Gasteiger charge is -2.23. The minimum Gasteiger partial charge on any atom is -0.497 e. The van der Waals surface area contributed by atoms with E-state index in [9.17, 15) is 19.2 Å². The second-order valence-electron chi connectivity index (χ2n) is 20.2. The fourth-order valence-corrected chi connectivity index (χ4v) is 9.82. The Labute approximate surface area is 455 Å². The van der Waals surface area contributed by atoms with E-state index < -0.39 is 6.04 Å². The second kappa shape index (κ2) is 23.9. The van der Waals surface area contributed by atoms with Crippen LogP contribution in [0.15, 0.2) is 181 Å². The van der Waals surface area contributed by atoms with Crippen molar-refractivity contribution in [1.82, 2.24) is 30.2 Å². The molecule has 0 radical (unpaired) electrons. The van der Waals surface area contributed by atoms with Gasteiger partial charge < -0.3 is 25.8 Å². The molecule has 0 bridgehead atoms. The summed E-state index contributed by atoms with van der Waals surface area (Å²) < 4.78 is 13.7. The third-order valence-corrected chi connectivity index (χ3v) is 14.6. The van der Waals surface area contributed by atoms with Gasteiger partial charge in [-0.15, -0.1) is 0 Å². The Morgan fingerprint density at radius 1 is 0.487 bits per heavy atom. The van der Waals surface area contributed by atoms with Crippen molar-refractivity contribution in [2.75, 3.05) is 27.3 Å². The maximum absolute atomic E-state index is 14.2. The molecule has 396 valence electrons. The number of nitrogens with one attached hydrogen (secondary N) is 2. The van der Waals surface area contributed by atoms with Crippen molar-refractivity contribution in [3.05, 3.63) is 204 Å². The number of hydrogen-bond acceptors (Lipinski definition) is 9. The van der Waals surface area contributed by atoms with Crippen LogP contribution in [0.3, 0.4) is 0 Å². The first-order valence-electron chi connectivity index (χ1n) is 26.4. The number of benzene rings is 6. The molecule has 0 fully saturated rings. The van der Waals surface area contributed by atoms with Gasteiger partial charge in [0.05, 0.1) is 42.8 Å². The molecule has 13 nitrogen and oxygen atoms in total. The van der Waals surface area contributed by atoms with Crippen LogP contribution in [0.2, 0.25) is 0 Å². The standard InChI is InChI=1S/C33H33N3O3.C32H32N4O3/c1-21(2)22(3)32(37)34-20-26-19-28-30(23-11-7-5-8-12-23)31(25-13-9-6-10-14-25)35-36(28)33(38)29(26)24-15-17-27(39-4)18-16-24;1-20(2)29(33)31(37)34-19-24-18-26-28(21-10-6-4-7-11-21)30(23-12-8-5-9-13-23)35-36(26)32(38)27(24)22-14-16-25(39-3)17-15-22/h5-18,21-22H,19-20H2,1-4H3,(H,34,37);4-17,20,29H,18-19,33H2,1-3H3,(H,34,37)/t22-;29-/m00/s1. The summed E-state index contributed by atoms with van der Waals surface area (Å²) in [7, 11) is 3.22. The molecule has 6 aromatic carbocycles. The van der Waals surface area contributed by atoms with E-state index in [1.807, 2.05) is 204 Å². The first-order valence-corrected chi connectivity index (χ1v) is 26.4. The van der Waals surface area contributed by atoms with Crippen molar-refractivity contribution < 1.29 is 28.7 Å². The zero-order chi connectivity index (χ0) is 55.0. The number of carbonyl (C=O) groups is 4. The van der Waals surface area contributed by atoms with E-state index in [0.29, 0.717) is 35.5 Å². The molecule has 8 aromatic rings. The average molecular weight is 1040 g/mol. The quantitative estimate of drug-likeness (QED) is 0.0851. The fraction of sp³-hybridized carbons (Fsp3) is 0.231. The first-order chi connectivity index (χ1) is 37.8. The van der Waals surface area contributed by atoms with Gasteiger partial charge in [-0.2, -0.15) is 19.6 Å². The summed E-state index contributed by atoms with van der Waals surface area (Å²) in [5.41, 5.74) is 19.2. The third-order valence-electron chi connectivity index (χ3n) is 14.6. The van der Waals surface area contributed by atoms with Crippen LogP contribution >= 0.6 is 0 Å². The summed E-state index contributed by atoms with van der Waals surface area (Å²) in [6.45, 7) is 10.3. The van der Waals surface area contributed by atoms with Crippen LogP contribution in [0.1, 0.15) is 66.7 Å². The normalized spacial score (nSPS) is 13.8. The lowest BCUT2D eigenvalue weighted by Crippen LogP contribution is -2.45. The molecule has 4 N–H and O–H groups in total. The number of allylic oxidation sites excluding steroid dienone is 2. The van der Waals surface area contributed by atoms with E-state index in [4.69, 9.17) is 25.4 Å². The lowest BCUT2D eigenvalue weighted by atomic mass is 9.89. The molecule has 2 amide bonds. The maximum Gasteiger partial charge on any atom is 0.279 e. The van der Waals surface area contributed by atoms with Gasteiger partial charge in [-0.25, -0.2) is 0 Å². The van der Waals surface area contributed by atoms with E-state index >= 15 is 0 Å². The van der Waals surface area contributed by atoms with Gasteiger partial charge in [0.2, 0.25) is 11.8 Å². The number of rotatable bonds is 16. The van der Waals surface area contributed by atoms with E-state index in [-0.39, 0.29) is 54.5 Å². The van der Waals surface area contributed by atoms with Crippen molar-refractivity contribution >= 4 is 34.8 Å². The second-order valence-corrected chi connectivity index (χ2v) is 20.2. The van der Waals surface area contributed by atoms with Crippen molar-refractivity contribution in [3.63, 3.8) is 0 Å². The molecule has 4 heterocycles. The largest absolute Gasteiger partial charge is 0.497 e. The summed E-state index contributed by atoms with van der Waals surface area (Å²) in [6, 6.07) is 54.0. The van der Waals surface area contributed by atoms with Gasteiger partial charge in [0, 0.05) is 54.1 Å². The van der Waals surface area contributed by atoms with Crippen LogP contribution < -0.4 is 25.8 Å². The number of methoxy groups -OCH3 is 2. The Morgan fingerprint density at radius 3 is 1.17 bits per heavy atom. The minimum absolute atomic E-state index is 0.00688. The van der Waals surface area contributed by atoms with Crippen molar-refractivity contribution in [2.45, 2.75) is 53.5 Å². The average Bonchev–Trinajstić information content (AvgIpc) is 4.11. The Balaban J connectivity index is 0.000000190. The summed E-state index contributed by atoms with van der Waals surface area (Å²) >= 11 is 0. The van der Waals surface area contributed by atoms with Crippen LogP contribution in [0, 0.1) is 17.8 Å². The third kappa shape index (κ3) is 11.3. The number of nitrogens with zero attached hydrogens (tertiary/aromatic N) is 4. The van der Waals surface area contributed by atoms with Crippen LogP contribution in [-0.4, -0.2) is 76.5 Å². The highest BCUT2D eigenvalue weighted by atomic mass is 16.5. The van der Waals surface area contributed by atoms with E-state index in [0.717, 1.165) is 78.4 Å². The molecule has 2 aliphatic heterocycles. The molecule has 0 saturated carbocycles. The smallest absolute Gasteiger partial charge is 0.279 e. The lowest BCUT2D eigenvalue weighted by molar-refractivity contribution is -0.125. The maximum atomic E-state index is 14.2. The molecule has 2 aromatic heterocycles. The van der Waals surface area contributed by atoms with Gasteiger partial charge in [-0.05, 0) is 69.5 Å². The number of nitrogens with two attached hydrogens (primary N) is 1. The van der Waals surface area contributed by atoms with Crippen LogP contribution in [0.25, 0.3) is 55.9 Å². The van der Waals surface area contributed by atoms with Gasteiger partial charge in [-0.1, -0.05) is 180 Å². The number of fused-ring (bicyclic) bond motifs is 2. The fourth-order valence-electron chi connectivity index (χ4n) is 9.82. The summed E-state index contributed by atoms with van der Waals surface area (Å²) in [4.78, 5) is 54.1. The molecule has 2 aliphatic rings. The van der Waals surface area contributed by atoms with Crippen LogP contribution in [-0.2, 0) is 22.4 Å². The summed E-state index contributed by atoms with van der Waals surface area (Å²) in [5, 5.41) is 15.8. The first kappa shape index (κ1) is 53.9.